The van der Waals surface area contributed by atoms with Crippen LogP contribution in [0.25, 0.3) is 0 Å². The van der Waals surface area contributed by atoms with Crippen LogP contribution in [0.3, 0.4) is 0 Å². The third-order valence-electron chi connectivity index (χ3n) is 2.61. The Labute approximate surface area is 89.9 Å². The molecule has 2 rings (SSSR count). The average molecular weight is 226 g/mol. The second-order valence-corrected chi connectivity index (χ2v) is 6.10. The minimum Gasteiger partial charge on any atom is -0.368 e. The van der Waals surface area contributed by atoms with Gasteiger partial charge in [-0.3, -0.25) is 4.98 Å². The lowest BCUT2D eigenvalue weighted by Gasteiger charge is -2.28. The molecule has 1 aromatic rings. The molecule has 1 aliphatic heterocycles. The summed E-state index contributed by atoms with van der Waals surface area (Å²) in [5.41, 5.74) is 1.99. The van der Waals surface area contributed by atoms with Gasteiger partial charge in [-0.05, 0) is 19.1 Å². The van der Waals surface area contributed by atoms with Crippen molar-refractivity contribution in [2.24, 2.45) is 0 Å². The van der Waals surface area contributed by atoms with Crippen LogP contribution in [0.4, 0.5) is 5.69 Å². The van der Waals surface area contributed by atoms with Crippen LogP contribution in [-0.2, 0) is 9.84 Å². The molecule has 0 atom stereocenters. The SMILES string of the molecule is Cc1ccc(N2CCS(=O)(=O)CC2)cn1. The number of hydrogen-bond acceptors (Lipinski definition) is 4. The molecule has 1 saturated heterocycles. The van der Waals surface area contributed by atoms with Crippen LogP contribution >= 0.6 is 0 Å². The lowest BCUT2D eigenvalue weighted by atomic mass is 10.3. The van der Waals surface area contributed by atoms with Gasteiger partial charge in [-0.15, -0.1) is 0 Å². The standard InChI is InChI=1S/C10H14N2O2S/c1-9-2-3-10(8-11-9)12-4-6-15(13,14)7-5-12/h2-3,8H,4-7H2,1H3. The third kappa shape index (κ3) is 2.47. The predicted octanol–water partition coefficient (Wildman–Crippen LogP) is 0.625. The van der Waals surface area contributed by atoms with E-state index in [0.717, 1.165) is 11.4 Å². The summed E-state index contributed by atoms with van der Waals surface area (Å²) in [6, 6.07) is 3.93. The molecule has 4 nitrogen and oxygen atoms in total. The normalized spacial score (nSPS) is 20.2. The number of aryl methyl sites for hydroxylation is 1. The maximum atomic E-state index is 11.2. The Kier molecular flexibility index (Phi) is 2.65. The lowest BCUT2D eigenvalue weighted by Crippen LogP contribution is -2.40. The number of anilines is 1. The maximum Gasteiger partial charge on any atom is 0.153 e. The highest BCUT2D eigenvalue weighted by Gasteiger charge is 2.21. The first-order valence-corrected chi connectivity index (χ1v) is 6.77. The highest BCUT2D eigenvalue weighted by atomic mass is 32.2. The van der Waals surface area contributed by atoms with Gasteiger partial charge in [0.2, 0.25) is 0 Å². The Balaban J connectivity index is 2.11. The van der Waals surface area contributed by atoms with Gasteiger partial charge in [0.25, 0.3) is 0 Å². The van der Waals surface area contributed by atoms with Crippen LogP contribution in [0, 0.1) is 6.92 Å². The van der Waals surface area contributed by atoms with Crippen molar-refractivity contribution in [3.8, 4) is 0 Å². The Morgan fingerprint density at radius 3 is 2.47 bits per heavy atom. The van der Waals surface area contributed by atoms with E-state index in [4.69, 9.17) is 0 Å². The average Bonchev–Trinajstić information content (AvgIpc) is 2.20. The molecule has 0 radical (unpaired) electrons. The van der Waals surface area contributed by atoms with E-state index < -0.39 is 9.84 Å². The van der Waals surface area contributed by atoms with Gasteiger partial charge < -0.3 is 4.90 Å². The van der Waals surface area contributed by atoms with E-state index in [1.54, 1.807) is 6.20 Å². The Bertz CT molecular complexity index is 425. The van der Waals surface area contributed by atoms with Crippen LogP contribution in [0.1, 0.15) is 5.69 Å². The smallest absolute Gasteiger partial charge is 0.153 e. The molecule has 82 valence electrons. The van der Waals surface area contributed by atoms with Crippen LogP contribution in [0.2, 0.25) is 0 Å². The second kappa shape index (κ2) is 3.81. The molecule has 0 unspecified atom stereocenters. The van der Waals surface area contributed by atoms with Gasteiger partial charge in [0.05, 0.1) is 23.4 Å². The summed E-state index contributed by atoms with van der Waals surface area (Å²) in [7, 11) is -2.79. The fourth-order valence-electron chi connectivity index (χ4n) is 1.62. The molecule has 1 fully saturated rings. The van der Waals surface area contributed by atoms with Gasteiger partial charge in [-0.2, -0.15) is 0 Å². The fraction of sp³-hybridized carbons (Fsp3) is 0.500. The highest BCUT2D eigenvalue weighted by Crippen LogP contribution is 2.15. The molecule has 0 N–H and O–H groups in total. The van der Waals surface area contributed by atoms with Gasteiger partial charge in [-0.25, -0.2) is 8.42 Å². The molecule has 0 amide bonds. The van der Waals surface area contributed by atoms with E-state index in [1.165, 1.54) is 0 Å². The molecule has 0 saturated carbocycles. The van der Waals surface area contributed by atoms with Crippen molar-refractivity contribution in [1.82, 2.24) is 4.98 Å². The van der Waals surface area contributed by atoms with Gasteiger partial charge in [0.15, 0.2) is 9.84 Å². The minimum absolute atomic E-state index is 0.251. The highest BCUT2D eigenvalue weighted by molar-refractivity contribution is 7.91. The maximum absolute atomic E-state index is 11.2. The first kappa shape index (κ1) is 10.4. The monoisotopic (exact) mass is 226 g/mol. The van der Waals surface area contributed by atoms with Crippen LogP contribution < -0.4 is 4.90 Å². The molecule has 0 bridgehead atoms. The van der Waals surface area contributed by atoms with Crippen molar-refractivity contribution in [2.45, 2.75) is 6.92 Å². The van der Waals surface area contributed by atoms with Crippen molar-refractivity contribution in [3.05, 3.63) is 24.0 Å². The molecular weight excluding hydrogens is 212 g/mol. The van der Waals surface area contributed by atoms with Gasteiger partial charge >= 0.3 is 0 Å². The molecule has 0 spiro atoms. The molecule has 0 aliphatic carbocycles. The van der Waals surface area contributed by atoms with Crippen LogP contribution in [-0.4, -0.2) is 38.0 Å². The Morgan fingerprint density at radius 2 is 1.93 bits per heavy atom. The van der Waals surface area contributed by atoms with Crippen LogP contribution in [0.5, 0.6) is 0 Å². The van der Waals surface area contributed by atoms with Crippen molar-refractivity contribution in [3.63, 3.8) is 0 Å². The molecule has 5 heteroatoms. The van der Waals surface area contributed by atoms with Crippen molar-refractivity contribution in [2.75, 3.05) is 29.5 Å². The Hall–Kier alpha value is -1.10. The molecule has 0 aromatic carbocycles. The zero-order chi connectivity index (χ0) is 10.9. The fourth-order valence-corrected chi connectivity index (χ4v) is 2.82. The number of nitrogens with zero attached hydrogens (tertiary/aromatic N) is 2. The van der Waals surface area contributed by atoms with Crippen molar-refractivity contribution in [1.29, 1.82) is 0 Å². The zero-order valence-electron chi connectivity index (χ0n) is 8.68. The summed E-state index contributed by atoms with van der Waals surface area (Å²) in [6.07, 6.45) is 1.80. The van der Waals surface area contributed by atoms with E-state index in [1.807, 2.05) is 19.1 Å². The minimum atomic E-state index is -2.79. The largest absolute Gasteiger partial charge is 0.368 e. The summed E-state index contributed by atoms with van der Waals surface area (Å²) >= 11 is 0. The zero-order valence-corrected chi connectivity index (χ0v) is 9.50. The summed E-state index contributed by atoms with van der Waals surface area (Å²) in [5, 5.41) is 0. The molecule has 1 aliphatic rings. The van der Waals surface area contributed by atoms with E-state index in [-0.39, 0.29) is 11.5 Å². The summed E-state index contributed by atoms with van der Waals surface area (Å²) in [5.74, 6) is 0.502. The first-order valence-electron chi connectivity index (χ1n) is 4.95. The van der Waals surface area contributed by atoms with Crippen molar-refractivity contribution >= 4 is 15.5 Å². The van der Waals surface area contributed by atoms with E-state index in [0.29, 0.717) is 13.1 Å². The first-order chi connectivity index (χ1) is 7.07. The Morgan fingerprint density at radius 1 is 1.27 bits per heavy atom. The summed E-state index contributed by atoms with van der Waals surface area (Å²) < 4.78 is 22.5. The van der Waals surface area contributed by atoms with E-state index in [9.17, 15) is 8.42 Å². The van der Waals surface area contributed by atoms with E-state index >= 15 is 0 Å². The number of hydrogen-bond donors (Lipinski definition) is 0. The second-order valence-electron chi connectivity index (χ2n) is 3.80. The molecular formula is C10H14N2O2S. The van der Waals surface area contributed by atoms with E-state index in [2.05, 4.69) is 9.88 Å². The number of rotatable bonds is 1. The van der Waals surface area contributed by atoms with Gasteiger partial charge in [0.1, 0.15) is 0 Å². The summed E-state index contributed by atoms with van der Waals surface area (Å²) in [4.78, 5) is 6.26. The molecule has 2 heterocycles. The third-order valence-corrected chi connectivity index (χ3v) is 4.21. The predicted molar refractivity (Wildman–Crippen MR) is 59.8 cm³/mol. The van der Waals surface area contributed by atoms with Crippen LogP contribution in [0.15, 0.2) is 18.3 Å². The number of sulfone groups is 1. The lowest BCUT2D eigenvalue weighted by molar-refractivity contribution is 0.586. The number of aromatic nitrogens is 1. The molecule has 1 aromatic heterocycles. The van der Waals surface area contributed by atoms with Gasteiger partial charge in [-0.1, -0.05) is 0 Å². The quantitative estimate of drug-likeness (QED) is 0.704. The summed E-state index contributed by atoms with van der Waals surface area (Å²) in [6.45, 7) is 3.09. The molecule has 15 heavy (non-hydrogen) atoms. The van der Waals surface area contributed by atoms with Crippen molar-refractivity contribution < 1.29 is 8.42 Å². The van der Waals surface area contributed by atoms with Gasteiger partial charge in [0, 0.05) is 18.8 Å². The topological polar surface area (TPSA) is 50.3 Å². The number of pyridine rings is 1.